The Morgan fingerprint density at radius 2 is 1.84 bits per heavy atom. The number of carbonyl (C=O) groups is 1. The number of nitrogens with zero attached hydrogens (tertiary/aromatic N) is 1. The van der Waals surface area contributed by atoms with Gasteiger partial charge >= 0.3 is 0 Å². The van der Waals surface area contributed by atoms with Gasteiger partial charge in [-0.25, -0.2) is 4.39 Å². The minimum atomic E-state index is -0.604. The van der Waals surface area contributed by atoms with Crippen LogP contribution < -0.4 is 15.6 Å². The topological polar surface area (TPSA) is 60.3 Å². The maximum Gasteiger partial charge on any atom is 0.258 e. The predicted molar refractivity (Wildman–Crippen MR) is 125 cm³/mol. The number of nitrogens with one attached hydrogen (secondary N) is 1. The smallest absolute Gasteiger partial charge is 0.258 e. The Kier molecular flexibility index (Phi) is 5.79. The Bertz CT molecular complexity index is 1430. The molecule has 3 aromatic carbocycles. The molecule has 1 N–H and O–H groups in total. The van der Waals surface area contributed by atoms with E-state index in [9.17, 15) is 14.0 Å². The highest BCUT2D eigenvalue weighted by molar-refractivity contribution is 6.30. The lowest BCUT2D eigenvalue weighted by atomic mass is 9.99. The fraction of sp³-hybridized carbons (Fsp3) is 0.0400. The third-order valence-electron chi connectivity index (χ3n) is 4.93. The normalized spacial score (nSPS) is 10.7. The van der Waals surface area contributed by atoms with Gasteiger partial charge in [0.15, 0.2) is 0 Å². The van der Waals surface area contributed by atoms with E-state index < -0.39 is 5.82 Å². The molecule has 0 aliphatic carbocycles. The van der Waals surface area contributed by atoms with E-state index in [1.54, 1.807) is 49.6 Å². The third-order valence-corrected chi connectivity index (χ3v) is 5.24. The number of benzene rings is 3. The molecule has 0 spiro atoms. The lowest BCUT2D eigenvalue weighted by Crippen LogP contribution is -2.16. The van der Waals surface area contributed by atoms with Gasteiger partial charge in [-0.15, -0.1) is 0 Å². The summed E-state index contributed by atoms with van der Waals surface area (Å²) in [7, 11) is 1.66. The summed E-state index contributed by atoms with van der Waals surface area (Å²) < 4.78 is 21.4. The van der Waals surface area contributed by atoms with Gasteiger partial charge in [0.25, 0.3) is 5.56 Å². The van der Waals surface area contributed by atoms with Crippen LogP contribution in [0.2, 0.25) is 5.02 Å². The first kappa shape index (κ1) is 21.3. The van der Waals surface area contributed by atoms with E-state index in [4.69, 9.17) is 16.3 Å². The fourth-order valence-electron chi connectivity index (χ4n) is 3.40. The van der Waals surface area contributed by atoms with Crippen LogP contribution in [-0.2, 0) is 11.8 Å². The van der Waals surface area contributed by atoms with Crippen molar-refractivity contribution in [3.63, 3.8) is 0 Å². The van der Waals surface area contributed by atoms with Gasteiger partial charge in [-0.05, 0) is 47.9 Å². The van der Waals surface area contributed by atoms with Crippen LogP contribution in [0, 0.1) is 5.82 Å². The van der Waals surface area contributed by atoms with Gasteiger partial charge in [-0.1, -0.05) is 36.4 Å². The van der Waals surface area contributed by atoms with E-state index >= 15 is 0 Å². The van der Waals surface area contributed by atoms with Crippen LogP contribution in [0.25, 0.3) is 21.9 Å². The zero-order chi connectivity index (χ0) is 22.8. The molecule has 32 heavy (non-hydrogen) atoms. The lowest BCUT2D eigenvalue weighted by molar-refractivity contribution is -0.111. The quantitative estimate of drug-likeness (QED) is 0.386. The van der Waals surface area contributed by atoms with Crippen molar-refractivity contribution < 1.29 is 13.9 Å². The summed E-state index contributed by atoms with van der Waals surface area (Å²) in [6.45, 7) is 3.47. The Morgan fingerprint density at radius 1 is 1.09 bits per heavy atom. The number of ether oxygens (including phenoxy) is 1. The van der Waals surface area contributed by atoms with Gasteiger partial charge in [-0.3, -0.25) is 9.59 Å². The molecule has 0 aliphatic heterocycles. The first-order valence-electron chi connectivity index (χ1n) is 9.66. The molecule has 4 aromatic rings. The number of pyridine rings is 1. The summed E-state index contributed by atoms with van der Waals surface area (Å²) >= 11 is 5.78. The van der Waals surface area contributed by atoms with E-state index in [0.29, 0.717) is 28.0 Å². The van der Waals surface area contributed by atoms with Crippen molar-refractivity contribution in [2.45, 2.75) is 0 Å². The molecule has 160 valence electrons. The molecule has 4 rings (SSSR count). The second kappa shape index (κ2) is 8.69. The van der Waals surface area contributed by atoms with Gasteiger partial charge in [0, 0.05) is 41.5 Å². The van der Waals surface area contributed by atoms with Gasteiger partial charge in [0.2, 0.25) is 5.91 Å². The molecule has 0 saturated heterocycles. The monoisotopic (exact) mass is 448 g/mol. The molecule has 1 aromatic heterocycles. The number of amides is 1. The first-order chi connectivity index (χ1) is 15.4. The maximum atomic E-state index is 14.0. The van der Waals surface area contributed by atoms with Crippen molar-refractivity contribution in [2.24, 2.45) is 7.05 Å². The van der Waals surface area contributed by atoms with Crippen LogP contribution >= 0.6 is 11.6 Å². The molecule has 1 amide bonds. The molecule has 0 atom stereocenters. The largest absolute Gasteiger partial charge is 0.457 e. The van der Waals surface area contributed by atoms with Crippen molar-refractivity contribution >= 4 is 34.0 Å². The van der Waals surface area contributed by atoms with Crippen LogP contribution in [0.3, 0.4) is 0 Å². The SMILES string of the molecule is C=CC(=O)Nc1ccc(Oc2ccc(Cl)c(F)c2)c(-c2cn(C)c(=O)c3ccccc23)c1. The van der Waals surface area contributed by atoms with E-state index in [1.165, 1.54) is 22.8 Å². The minimum absolute atomic E-state index is 0.0101. The van der Waals surface area contributed by atoms with Crippen molar-refractivity contribution in [3.8, 4) is 22.6 Å². The van der Waals surface area contributed by atoms with Gasteiger partial charge < -0.3 is 14.6 Å². The van der Waals surface area contributed by atoms with E-state index in [1.807, 2.05) is 12.1 Å². The molecular weight excluding hydrogens is 431 g/mol. The number of halogens is 2. The van der Waals surface area contributed by atoms with Gasteiger partial charge in [0.05, 0.1) is 5.02 Å². The van der Waals surface area contributed by atoms with E-state index in [0.717, 1.165) is 5.39 Å². The zero-order valence-corrected chi connectivity index (χ0v) is 17.8. The second-order valence-electron chi connectivity index (χ2n) is 7.09. The molecule has 0 unspecified atom stereocenters. The van der Waals surface area contributed by atoms with Crippen molar-refractivity contribution in [1.29, 1.82) is 0 Å². The third kappa shape index (κ3) is 4.13. The predicted octanol–water partition coefficient (Wildman–Crippen LogP) is 5.91. The standard InChI is InChI=1S/C25H18ClFN2O3/c1-3-24(30)28-15-8-11-23(32-16-9-10-21(26)22(27)13-16)19(12-15)20-14-29(2)25(31)18-7-5-4-6-17(18)20/h3-14H,1H2,2H3,(H,28,30). The minimum Gasteiger partial charge on any atom is -0.457 e. The Morgan fingerprint density at radius 3 is 2.56 bits per heavy atom. The molecule has 0 aliphatic rings. The average Bonchev–Trinajstić information content (AvgIpc) is 2.79. The number of aryl methyl sites for hydroxylation is 1. The highest BCUT2D eigenvalue weighted by Gasteiger charge is 2.16. The van der Waals surface area contributed by atoms with Crippen LogP contribution in [0.5, 0.6) is 11.5 Å². The molecule has 0 radical (unpaired) electrons. The maximum absolute atomic E-state index is 14.0. The number of carbonyl (C=O) groups excluding carboxylic acids is 1. The Balaban J connectivity index is 1.93. The van der Waals surface area contributed by atoms with Crippen LogP contribution in [0.1, 0.15) is 0 Å². The van der Waals surface area contributed by atoms with Gasteiger partial charge in [0.1, 0.15) is 17.3 Å². The average molecular weight is 449 g/mol. The summed E-state index contributed by atoms with van der Waals surface area (Å²) in [5.41, 5.74) is 1.69. The number of rotatable bonds is 5. The Hall–Kier alpha value is -3.90. The molecular formula is C25H18ClFN2O3. The summed E-state index contributed by atoms with van der Waals surface area (Å²) in [6.07, 6.45) is 2.87. The molecule has 0 saturated carbocycles. The zero-order valence-electron chi connectivity index (χ0n) is 17.1. The molecule has 5 nitrogen and oxygen atoms in total. The van der Waals surface area contributed by atoms with Crippen molar-refractivity contribution in [3.05, 3.63) is 101 Å². The van der Waals surface area contributed by atoms with Crippen LogP contribution in [0.4, 0.5) is 10.1 Å². The van der Waals surface area contributed by atoms with E-state index in [2.05, 4.69) is 11.9 Å². The molecule has 0 fully saturated rings. The number of aromatic nitrogens is 1. The molecule has 1 heterocycles. The summed E-state index contributed by atoms with van der Waals surface area (Å²) in [5.74, 6) is -0.305. The molecule has 7 heteroatoms. The first-order valence-corrected chi connectivity index (χ1v) is 10.0. The Labute approximate surface area is 188 Å². The number of hydrogen-bond acceptors (Lipinski definition) is 3. The van der Waals surface area contributed by atoms with Crippen molar-refractivity contribution in [1.82, 2.24) is 4.57 Å². The highest BCUT2D eigenvalue weighted by Crippen LogP contribution is 2.38. The van der Waals surface area contributed by atoms with Crippen LogP contribution in [0.15, 0.2) is 84.3 Å². The molecule has 0 bridgehead atoms. The van der Waals surface area contributed by atoms with Gasteiger partial charge in [-0.2, -0.15) is 0 Å². The fourth-order valence-corrected chi connectivity index (χ4v) is 3.52. The summed E-state index contributed by atoms with van der Waals surface area (Å²) in [5, 5.41) is 3.97. The van der Waals surface area contributed by atoms with Crippen molar-refractivity contribution in [2.75, 3.05) is 5.32 Å². The summed E-state index contributed by atoms with van der Waals surface area (Å²) in [6, 6.07) is 16.4. The number of anilines is 1. The van der Waals surface area contributed by atoms with E-state index in [-0.39, 0.29) is 22.2 Å². The van der Waals surface area contributed by atoms with Crippen LogP contribution in [-0.4, -0.2) is 10.5 Å². The lowest BCUT2D eigenvalue weighted by Gasteiger charge is -2.16. The number of fused-ring (bicyclic) bond motifs is 1. The summed E-state index contributed by atoms with van der Waals surface area (Å²) in [4.78, 5) is 24.4. The number of hydrogen-bond donors (Lipinski definition) is 1. The highest BCUT2D eigenvalue weighted by atomic mass is 35.5. The second-order valence-corrected chi connectivity index (χ2v) is 7.49.